The van der Waals surface area contributed by atoms with E-state index in [1.54, 1.807) is 0 Å². The zero-order chi connectivity index (χ0) is 13.4. The zero-order valence-corrected chi connectivity index (χ0v) is 12.2. The van der Waals surface area contributed by atoms with Gasteiger partial charge in [-0.15, -0.1) is 0 Å². The van der Waals surface area contributed by atoms with Crippen molar-refractivity contribution in [1.82, 2.24) is 10.7 Å². The summed E-state index contributed by atoms with van der Waals surface area (Å²) in [6.07, 6.45) is 8.73. The highest BCUT2D eigenvalue weighted by molar-refractivity contribution is 5.79. The summed E-state index contributed by atoms with van der Waals surface area (Å²) >= 11 is 0. The first-order chi connectivity index (χ1) is 8.61. The number of guanidine groups is 1. The highest BCUT2D eigenvalue weighted by Gasteiger charge is 2.15. The van der Waals surface area contributed by atoms with Gasteiger partial charge in [0, 0.05) is 6.04 Å². The molecule has 0 saturated heterocycles. The molecule has 1 unspecified atom stereocenters. The van der Waals surface area contributed by atoms with Gasteiger partial charge < -0.3 is 5.32 Å². The highest BCUT2D eigenvalue weighted by atomic mass is 15.3. The Hall–Kier alpha value is -0.770. The van der Waals surface area contributed by atoms with Crippen LogP contribution < -0.4 is 16.6 Å². The molecule has 1 aliphatic rings. The summed E-state index contributed by atoms with van der Waals surface area (Å²) in [5, 5.41) is 3.38. The average molecular weight is 254 g/mol. The molecule has 0 aromatic carbocycles. The SMILES string of the molecule is CC(C)CCCC(C)NC(=NC1CCCC1)NN. The number of hydrogen-bond acceptors (Lipinski definition) is 2. The van der Waals surface area contributed by atoms with Gasteiger partial charge in [-0.3, -0.25) is 5.43 Å². The largest absolute Gasteiger partial charge is 0.353 e. The minimum Gasteiger partial charge on any atom is -0.353 e. The van der Waals surface area contributed by atoms with E-state index in [1.165, 1.54) is 44.9 Å². The first-order valence-electron chi connectivity index (χ1n) is 7.42. The van der Waals surface area contributed by atoms with Gasteiger partial charge in [-0.1, -0.05) is 39.5 Å². The lowest BCUT2D eigenvalue weighted by atomic mass is 10.0. The van der Waals surface area contributed by atoms with Crippen LogP contribution in [0.3, 0.4) is 0 Å². The fraction of sp³-hybridized carbons (Fsp3) is 0.929. The molecule has 0 aliphatic heterocycles. The lowest BCUT2D eigenvalue weighted by Gasteiger charge is -2.18. The maximum atomic E-state index is 5.53. The van der Waals surface area contributed by atoms with E-state index in [0.717, 1.165) is 11.9 Å². The maximum absolute atomic E-state index is 5.53. The van der Waals surface area contributed by atoms with E-state index in [1.807, 2.05) is 0 Å². The molecule has 0 aromatic heterocycles. The van der Waals surface area contributed by atoms with E-state index in [4.69, 9.17) is 5.84 Å². The Morgan fingerprint density at radius 2 is 1.89 bits per heavy atom. The van der Waals surface area contributed by atoms with Crippen LogP contribution in [-0.4, -0.2) is 18.0 Å². The molecule has 0 aromatic rings. The molecule has 1 fully saturated rings. The average Bonchev–Trinajstić information content (AvgIpc) is 2.80. The second kappa shape index (κ2) is 8.35. The van der Waals surface area contributed by atoms with E-state index < -0.39 is 0 Å². The van der Waals surface area contributed by atoms with Gasteiger partial charge in [0.05, 0.1) is 6.04 Å². The Morgan fingerprint density at radius 1 is 1.22 bits per heavy atom. The van der Waals surface area contributed by atoms with Gasteiger partial charge in [0.1, 0.15) is 0 Å². The fourth-order valence-electron chi connectivity index (χ4n) is 2.47. The van der Waals surface area contributed by atoms with Gasteiger partial charge in [0.2, 0.25) is 5.96 Å². The molecule has 0 amide bonds. The third-order valence-corrected chi connectivity index (χ3v) is 3.57. The Bertz CT molecular complexity index is 244. The molecule has 1 atom stereocenters. The van der Waals surface area contributed by atoms with Crippen LogP contribution in [-0.2, 0) is 0 Å². The van der Waals surface area contributed by atoms with Crippen molar-refractivity contribution in [2.45, 2.75) is 77.8 Å². The summed E-state index contributed by atoms with van der Waals surface area (Å²) in [6.45, 7) is 6.74. The lowest BCUT2D eigenvalue weighted by molar-refractivity contribution is 0.490. The molecule has 106 valence electrons. The first kappa shape index (κ1) is 15.3. The number of hydrogen-bond donors (Lipinski definition) is 3. The van der Waals surface area contributed by atoms with Gasteiger partial charge in [-0.2, -0.15) is 0 Å². The predicted octanol–water partition coefficient (Wildman–Crippen LogP) is 2.55. The lowest BCUT2D eigenvalue weighted by Crippen LogP contribution is -2.46. The quantitative estimate of drug-likeness (QED) is 0.295. The second-order valence-electron chi connectivity index (χ2n) is 5.93. The van der Waals surface area contributed by atoms with Crippen molar-refractivity contribution in [3.8, 4) is 0 Å². The predicted molar refractivity (Wildman–Crippen MR) is 78.3 cm³/mol. The molecule has 0 radical (unpaired) electrons. The van der Waals surface area contributed by atoms with Crippen LogP contribution in [0.15, 0.2) is 4.99 Å². The van der Waals surface area contributed by atoms with Crippen molar-refractivity contribution < 1.29 is 0 Å². The monoisotopic (exact) mass is 254 g/mol. The van der Waals surface area contributed by atoms with E-state index >= 15 is 0 Å². The molecule has 4 heteroatoms. The van der Waals surface area contributed by atoms with E-state index in [9.17, 15) is 0 Å². The molecule has 1 rings (SSSR count). The van der Waals surface area contributed by atoms with Crippen molar-refractivity contribution in [2.75, 3.05) is 0 Å². The maximum Gasteiger partial charge on any atom is 0.206 e. The number of nitrogens with zero attached hydrogens (tertiary/aromatic N) is 1. The van der Waals surface area contributed by atoms with Crippen LogP contribution in [0.2, 0.25) is 0 Å². The summed E-state index contributed by atoms with van der Waals surface area (Å²) in [6, 6.07) is 0.895. The molecule has 0 bridgehead atoms. The van der Waals surface area contributed by atoms with Crippen LogP contribution in [0.5, 0.6) is 0 Å². The molecule has 4 nitrogen and oxygen atoms in total. The molecular formula is C14H30N4. The van der Waals surface area contributed by atoms with Crippen LogP contribution in [0.25, 0.3) is 0 Å². The van der Waals surface area contributed by atoms with Crippen molar-refractivity contribution in [2.24, 2.45) is 16.8 Å². The number of nitrogens with two attached hydrogens (primary N) is 1. The molecule has 18 heavy (non-hydrogen) atoms. The second-order valence-corrected chi connectivity index (χ2v) is 5.93. The fourth-order valence-corrected chi connectivity index (χ4v) is 2.47. The standard InChI is InChI=1S/C14H30N4/c1-11(2)7-6-8-12(3)16-14(18-15)17-13-9-4-5-10-13/h11-13H,4-10,15H2,1-3H3,(H2,16,17,18). The Labute approximate surface area is 112 Å². The first-order valence-corrected chi connectivity index (χ1v) is 7.42. The smallest absolute Gasteiger partial charge is 0.206 e. The molecule has 0 heterocycles. The van der Waals surface area contributed by atoms with Gasteiger partial charge in [0.15, 0.2) is 0 Å². The molecule has 1 aliphatic carbocycles. The normalized spacial score (nSPS) is 19.3. The van der Waals surface area contributed by atoms with Crippen LogP contribution in [0.4, 0.5) is 0 Å². The molecule has 1 saturated carbocycles. The minimum atomic E-state index is 0.431. The van der Waals surface area contributed by atoms with Gasteiger partial charge >= 0.3 is 0 Å². The highest BCUT2D eigenvalue weighted by Crippen LogP contribution is 2.20. The zero-order valence-electron chi connectivity index (χ0n) is 12.2. The Balaban J connectivity index is 2.28. The van der Waals surface area contributed by atoms with Gasteiger partial charge in [0.25, 0.3) is 0 Å². The van der Waals surface area contributed by atoms with Crippen molar-refractivity contribution in [3.05, 3.63) is 0 Å². The van der Waals surface area contributed by atoms with E-state index in [2.05, 4.69) is 36.5 Å². The van der Waals surface area contributed by atoms with Crippen molar-refractivity contribution >= 4 is 5.96 Å². The summed E-state index contributed by atoms with van der Waals surface area (Å²) in [5.74, 6) is 7.08. The molecular weight excluding hydrogens is 224 g/mol. The summed E-state index contributed by atoms with van der Waals surface area (Å²) in [5.41, 5.74) is 2.70. The summed E-state index contributed by atoms with van der Waals surface area (Å²) in [4.78, 5) is 4.65. The van der Waals surface area contributed by atoms with Crippen LogP contribution in [0, 0.1) is 5.92 Å². The number of rotatable bonds is 6. The Morgan fingerprint density at radius 3 is 2.44 bits per heavy atom. The third-order valence-electron chi connectivity index (χ3n) is 3.57. The third kappa shape index (κ3) is 6.24. The van der Waals surface area contributed by atoms with Gasteiger partial charge in [-0.25, -0.2) is 10.8 Å². The van der Waals surface area contributed by atoms with Crippen LogP contribution in [0.1, 0.15) is 65.7 Å². The summed E-state index contributed by atoms with van der Waals surface area (Å²) in [7, 11) is 0. The van der Waals surface area contributed by atoms with E-state index in [0.29, 0.717) is 12.1 Å². The minimum absolute atomic E-state index is 0.431. The Kier molecular flexibility index (Phi) is 7.09. The number of nitrogens with one attached hydrogen (secondary N) is 2. The van der Waals surface area contributed by atoms with E-state index in [-0.39, 0.29) is 0 Å². The molecule has 4 N–H and O–H groups in total. The van der Waals surface area contributed by atoms with Crippen LogP contribution >= 0.6 is 0 Å². The molecule has 0 spiro atoms. The van der Waals surface area contributed by atoms with Gasteiger partial charge in [-0.05, 0) is 32.1 Å². The number of aliphatic imine (C=N–C) groups is 1. The van der Waals surface area contributed by atoms with Crippen molar-refractivity contribution in [1.29, 1.82) is 0 Å². The summed E-state index contributed by atoms with van der Waals surface area (Å²) < 4.78 is 0. The topological polar surface area (TPSA) is 62.4 Å². The number of hydrazine groups is 1. The van der Waals surface area contributed by atoms with Crippen molar-refractivity contribution in [3.63, 3.8) is 0 Å².